The third-order valence-corrected chi connectivity index (χ3v) is 8.09. The number of fused-ring (bicyclic) bond motifs is 1. The van der Waals surface area contributed by atoms with Crippen LogP contribution in [0, 0.1) is 23.7 Å². The van der Waals surface area contributed by atoms with E-state index in [0.717, 1.165) is 90.4 Å². The van der Waals surface area contributed by atoms with Crippen LogP contribution in [0.15, 0.2) is 6.07 Å². The van der Waals surface area contributed by atoms with Crippen molar-refractivity contribution in [2.24, 2.45) is 23.7 Å². The molecule has 1 aromatic heterocycles. The normalized spacial score (nSPS) is 31.7. The molecule has 3 aliphatic heterocycles. The van der Waals surface area contributed by atoms with Crippen molar-refractivity contribution in [3.8, 4) is 0 Å². The van der Waals surface area contributed by atoms with Gasteiger partial charge in [0.15, 0.2) is 11.6 Å². The average Bonchev–Trinajstić information content (AvgIpc) is 3.32. The Morgan fingerprint density at radius 1 is 1.06 bits per heavy atom. The number of nitrogens with zero attached hydrogens (tertiary/aromatic N) is 4. The molecule has 1 aromatic rings. The number of aromatic nitrogens is 2. The fourth-order valence-electron chi connectivity index (χ4n) is 6.41. The molecule has 3 saturated heterocycles. The van der Waals surface area contributed by atoms with Gasteiger partial charge in [0.1, 0.15) is 5.56 Å². The topological polar surface area (TPSA) is 53.5 Å². The minimum atomic E-state index is -4.45. The molecule has 0 bridgehead atoms. The third kappa shape index (κ3) is 5.39. The number of halogens is 3. The fourth-order valence-corrected chi connectivity index (χ4v) is 6.41. The molecule has 184 valence electrons. The minimum absolute atomic E-state index is 0.0292. The molecule has 4 fully saturated rings. The molecule has 4 heterocycles. The summed E-state index contributed by atoms with van der Waals surface area (Å²) in [7, 11) is 0. The van der Waals surface area contributed by atoms with Crippen LogP contribution in [-0.4, -0.2) is 67.1 Å². The van der Waals surface area contributed by atoms with Gasteiger partial charge in [-0.15, -0.1) is 10.2 Å². The number of likely N-dealkylation sites (tertiary alicyclic amines) is 1. The molecule has 4 atom stereocenters. The highest BCUT2D eigenvalue weighted by molar-refractivity contribution is 5.53. The lowest BCUT2D eigenvalue weighted by Crippen LogP contribution is -2.35. The van der Waals surface area contributed by atoms with Crippen LogP contribution in [0.25, 0.3) is 0 Å². The van der Waals surface area contributed by atoms with E-state index in [2.05, 4.69) is 27.3 Å². The van der Waals surface area contributed by atoms with E-state index in [1.807, 2.05) is 4.90 Å². The maximum Gasteiger partial charge on any atom is 0.420 e. The van der Waals surface area contributed by atoms with Crippen molar-refractivity contribution in [3.05, 3.63) is 11.6 Å². The van der Waals surface area contributed by atoms with Crippen LogP contribution >= 0.6 is 0 Å². The van der Waals surface area contributed by atoms with Crippen molar-refractivity contribution in [1.29, 1.82) is 0 Å². The van der Waals surface area contributed by atoms with Crippen molar-refractivity contribution in [2.45, 2.75) is 57.7 Å². The van der Waals surface area contributed by atoms with E-state index >= 15 is 0 Å². The van der Waals surface area contributed by atoms with Gasteiger partial charge in [0.25, 0.3) is 0 Å². The number of nitrogens with one attached hydrogen (secondary N) is 1. The average molecular weight is 468 g/mol. The number of piperidine rings is 1. The number of ether oxygens (including phenoxy) is 1. The molecule has 1 unspecified atom stereocenters. The van der Waals surface area contributed by atoms with Gasteiger partial charge < -0.3 is 19.9 Å². The van der Waals surface area contributed by atoms with E-state index in [9.17, 15) is 13.2 Å². The van der Waals surface area contributed by atoms with Crippen LogP contribution in [0.3, 0.4) is 0 Å². The Labute approximate surface area is 194 Å². The summed E-state index contributed by atoms with van der Waals surface area (Å²) in [6.45, 7) is 8.59. The van der Waals surface area contributed by atoms with E-state index in [1.165, 1.54) is 6.07 Å². The zero-order valence-electron chi connectivity index (χ0n) is 19.5. The summed E-state index contributed by atoms with van der Waals surface area (Å²) in [6.07, 6.45) is 1.71. The largest absolute Gasteiger partial charge is 0.420 e. The fraction of sp³-hybridized carbons (Fsp3) is 0.833. The predicted molar refractivity (Wildman–Crippen MR) is 121 cm³/mol. The van der Waals surface area contributed by atoms with Gasteiger partial charge in [-0.3, -0.25) is 0 Å². The molecule has 1 aliphatic carbocycles. The monoisotopic (exact) mass is 467 g/mol. The molecule has 4 aliphatic rings. The number of alkyl halides is 3. The quantitative estimate of drug-likeness (QED) is 0.698. The Kier molecular flexibility index (Phi) is 6.71. The standard InChI is InChI=1S/C24H36F3N5O/c1-16-3-2-6-32(12-16)22-11-21(24(25,26)27)23(30-29-22)28-20-9-18-14-31(15-19(18)10-20)13-17-4-7-33-8-5-17/h11,16-20H,2-10,12-15H2,1H3,(H,28,30)/t16-,18-,19+,20?/m1/s1. The molecule has 5 rings (SSSR count). The Balaban J connectivity index is 1.21. The number of rotatable bonds is 5. The SMILES string of the molecule is C[C@@H]1CCCN(c2cc(C(F)(F)F)c(NC3C[C@@H]4CN(CC5CCOCC5)C[C@@H]4C3)nn2)C1. The lowest BCUT2D eigenvalue weighted by molar-refractivity contribution is -0.137. The van der Waals surface area contributed by atoms with Gasteiger partial charge >= 0.3 is 6.18 Å². The highest BCUT2D eigenvalue weighted by Crippen LogP contribution is 2.42. The zero-order valence-corrected chi connectivity index (χ0v) is 19.5. The lowest BCUT2D eigenvalue weighted by Gasteiger charge is -2.32. The van der Waals surface area contributed by atoms with Gasteiger partial charge in [0.05, 0.1) is 0 Å². The maximum absolute atomic E-state index is 13.9. The summed E-state index contributed by atoms with van der Waals surface area (Å²) >= 11 is 0. The minimum Gasteiger partial charge on any atom is -0.381 e. The maximum atomic E-state index is 13.9. The number of hydrogen-bond donors (Lipinski definition) is 1. The summed E-state index contributed by atoms with van der Waals surface area (Å²) in [5, 5.41) is 11.4. The highest BCUT2D eigenvalue weighted by atomic mass is 19.4. The molecule has 0 radical (unpaired) electrons. The van der Waals surface area contributed by atoms with Crippen molar-refractivity contribution < 1.29 is 17.9 Å². The molecule has 1 saturated carbocycles. The lowest BCUT2D eigenvalue weighted by atomic mass is 10.00. The highest BCUT2D eigenvalue weighted by Gasteiger charge is 2.43. The van der Waals surface area contributed by atoms with Gasteiger partial charge in [-0.05, 0) is 68.3 Å². The van der Waals surface area contributed by atoms with Gasteiger partial charge in [0.2, 0.25) is 0 Å². The molecular weight excluding hydrogens is 431 g/mol. The Hall–Kier alpha value is -1.61. The van der Waals surface area contributed by atoms with Gasteiger partial charge in [-0.2, -0.15) is 13.2 Å². The van der Waals surface area contributed by atoms with Crippen LogP contribution in [0.2, 0.25) is 0 Å². The molecule has 9 heteroatoms. The first kappa shape index (κ1) is 23.1. The van der Waals surface area contributed by atoms with Crippen LogP contribution < -0.4 is 10.2 Å². The van der Waals surface area contributed by atoms with E-state index in [4.69, 9.17) is 4.74 Å². The number of hydrogen-bond acceptors (Lipinski definition) is 6. The molecule has 0 amide bonds. The molecule has 0 spiro atoms. The first-order chi connectivity index (χ1) is 15.8. The van der Waals surface area contributed by atoms with E-state index in [1.54, 1.807) is 0 Å². The predicted octanol–water partition coefficient (Wildman–Crippen LogP) is 4.28. The van der Waals surface area contributed by atoms with Crippen molar-refractivity contribution in [3.63, 3.8) is 0 Å². The van der Waals surface area contributed by atoms with E-state index in [-0.39, 0.29) is 11.9 Å². The first-order valence-electron chi connectivity index (χ1n) is 12.6. The third-order valence-electron chi connectivity index (χ3n) is 8.09. The summed E-state index contributed by atoms with van der Waals surface area (Å²) in [5.74, 6) is 2.51. The zero-order chi connectivity index (χ0) is 23.0. The molecular formula is C24H36F3N5O. The van der Waals surface area contributed by atoms with Crippen LogP contribution in [0.5, 0.6) is 0 Å². The molecule has 6 nitrogen and oxygen atoms in total. The first-order valence-corrected chi connectivity index (χ1v) is 12.6. The second-order valence-corrected chi connectivity index (χ2v) is 10.8. The molecule has 0 aromatic carbocycles. The van der Waals surface area contributed by atoms with Crippen molar-refractivity contribution in [2.75, 3.05) is 56.2 Å². The second-order valence-electron chi connectivity index (χ2n) is 10.8. The van der Waals surface area contributed by atoms with Gasteiger partial charge in [-0.1, -0.05) is 6.92 Å². The van der Waals surface area contributed by atoms with Crippen molar-refractivity contribution in [1.82, 2.24) is 15.1 Å². The molecule has 33 heavy (non-hydrogen) atoms. The second kappa shape index (κ2) is 9.56. The van der Waals surface area contributed by atoms with E-state index < -0.39 is 11.7 Å². The molecule has 1 N–H and O–H groups in total. The number of anilines is 2. The van der Waals surface area contributed by atoms with Crippen LogP contribution in [-0.2, 0) is 10.9 Å². The summed E-state index contributed by atoms with van der Waals surface area (Å²) in [6, 6.07) is 1.22. The smallest absolute Gasteiger partial charge is 0.381 e. The summed E-state index contributed by atoms with van der Waals surface area (Å²) in [4.78, 5) is 4.50. The van der Waals surface area contributed by atoms with Gasteiger partial charge in [-0.25, -0.2) is 0 Å². The van der Waals surface area contributed by atoms with Crippen LogP contribution in [0.4, 0.5) is 24.8 Å². The summed E-state index contributed by atoms with van der Waals surface area (Å²) in [5.41, 5.74) is -0.691. The van der Waals surface area contributed by atoms with Gasteiger partial charge in [0, 0.05) is 52.0 Å². The Morgan fingerprint density at radius 3 is 2.45 bits per heavy atom. The Morgan fingerprint density at radius 2 is 1.79 bits per heavy atom. The van der Waals surface area contributed by atoms with Crippen LogP contribution in [0.1, 0.15) is 51.0 Å². The summed E-state index contributed by atoms with van der Waals surface area (Å²) < 4.78 is 47.2. The van der Waals surface area contributed by atoms with E-state index in [0.29, 0.717) is 23.6 Å². The van der Waals surface area contributed by atoms with Crippen molar-refractivity contribution >= 4 is 11.6 Å². The Bertz CT molecular complexity index is 802.